The van der Waals surface area contributed by atoms with Crippen molar-refractivity contribution < 1.29 is 32.1 Å². The Labute approximate surface area is 157 Å². The zero-order chi connectivity index (χ0) is 20.8. The number of rotatable bonds is 12. The number of amides is 1. The van der Waals surface area contributed by atoms with E-state index in [4.69, 9.17) is 0 Å². The predicted octanol–water partition coefficient (Wildman–Crippen LogP) is 1.03. The summed E-state index contributed by atoms with van der Waals surface area (Å²) in [5.74, 6) is -1.48. The standard InChI is InChI=1S/C17H34N2O6S/c1-16(2,13-17(3,4)15(21)22)14(20)18-9-7-10-19(5,6)11-8-12-26(23,24)25/h7-13H2,1-6H3,(H2-,18,20,21,22,23,24,25). The van der Waals surface area contributed by atoms with E-state index >= 15 is 0 Å². The Bertz CT molecular complexity index is 596. The molecule has 0 rings (SSSR count). The van der Waals surface area contributed by atoms with Gasteiger partial charge < -0.3 is 19.5 Å². The van der Waals surface area contributed by atoms with Crippen LogP contribution in [0.4, 0.5) is 0 Å². The lowest BCUT2D eigenvalue weighted by atomic mass is 9.74. The number of carboxylic acid groups (broad SMARTS) is 1. The quantitative estimate of drug-likeness (QED) is 0.289. The van der Waals surface area contributed by atoms with Gasteiger partial charge in [0.15, 0.2) is 0 Å². The molecule has 2 N–H and O–H groups in total. The summed E-state index contributed by atoms with van der Waals surface area (Å²) in [5, 5.41) is 12.1. The first kappa shape index (κ1) is 24.8. The van der Waals surface area contributed by atoms with Crippen LogP contribution < -0.4 is 5.32 Å². The molecule has 154 valence electrons. The summed E-state index contributed by atoms with van der Waals surface area (Å²) >= 11 is 0. The van der Waals surface area contributed by atoms with Gasteiger partial charge in [0.2, 0.25) is 5.91 Å². The summed E-state index contributed by atoms with van der Waals surface area (Å²) in [6.07, 6.45) is 1.23. The molecule has 0 heterocycles. The molecule has 0 aliphatic heterocycles. The van der Waals surface area contributed by atoms with Crippen LogP contribution in [-0.2, 0) is 19.7 Å². The van der Waals surface area contributed by atoms with Crippen molar-refractivity contribution >= 4 is 22.0 Å². The van der Waals surface area contributed by atoms with Crippen LogP contribution >= 0.6 is 0 Å². The molecule has 0 aliphatic carbocycles. The molecule has 0 saturated carbocycles. The molecule has 0 atom stereocenters. The molecule has 0 aromatic heterocycles. The average molecular weight is 395 g/mol. The summed E-state index contributed by atoms with van der Waals surface area (Å²) < 4.78 is 32.5. The van der Waals surface area contributed by atoms with E-state index in [1.165, 1.54) is 0 Å². The lowest BCUT2D eigenvalue weighted by Gasteiger charge is -2.32. The van der Waals surface area contributed by atoms with Crippen LogP contribution in [0.2, 0.25) is 0 Å². The fourth-order valence-electron chi connectivity index (χ4n) is 2.99. The van der Waals surface area contributed by atoms with Gasteiger partial charge in [-0.3, -0.25) is 9.59 Å². The minimum Gasteiger partial charge on any atom is -0.748 e. The fourth-order valence-corrected chi connectivity index (χ4v) is 3.47. The first-order valence-corrected chi connectivity index (χ1v) is 10.3. The number of carbonyl (C=O) groups excluding carboxylic acids is 1. The monoisotopic (exact) mass is 394 g/mol. The van der Waals surface area contributed by atoms with Crippen LogP contribution in [0.1, 0.15) is 47.0 Å². The molecule has 0 aliphatic rings. The molecule has 0 spiro atoms. The summed E-state index contributed by atoms with van der Waals surface area (Å²) in [4.78, 5) is 23.6. The zero-order valence-electron chi connectivity index (χ0n) is 16.8. The molecule has 0 bridgehead atoms. The van der Waals surface area contributed by atoms with Crippen LogP contribution in [0, 0.1) is 10.8 Å². The topological polar surface area (TPSA) is 124 Å². The van der Waals surface area contributed by atoms with Gasteiger partial charge >= 0.3 is 5.97 Å². The molecule has 1 amide bonds. The Morgan fingerprint density at radius 1 is 1.04 bits per heavy atom. The minimum atomic E-state index is -4.18. The molecule has 0 unspecified atom stereocenters. The van der Waals surface area contributed by atoms with Gasteiger partial charge in [-0.1, -0.05) is 13.8 Å². The molecule has 8 nitrogen and oxygen atoms in total. The lowest BCUT2D eigenvalue weighted by Crippen LogP contribution is -2.45. The van der Waals surface area contributed by atoms with Crippen molar-refractivity contribution in [3.8, 4) is 0 Å². The Kier molecular flexibility index (Phi) is 8.72. The highest BCUT2D eigenvalue weighted by Crippen LogP contribution is 2.34. The van der Waals surface area contributed by atoms with Crippen molar-refractivity contribution in [3.63, 3.8) is 0 Å². The van der Waals surface area contributed by atoms with Gasteiger partial charge in [0.25, 0.3) is 0 Å². The van der Waals surface area contributed by atoms with Gasteiger partial charge in [-0.15, -0.1) is 0 Å². The van der Waals surface area contributed by atoms with Crippen LogP contribution in [-0.4, -0.2) is 73.9 Å². The molecule has 0 aromatic carbocycles. The highest BCUT2D eigenvalue weighted by molar-refractivity contribution is 7.85. The van der Waals surface area contributed by atoms with E-state index < -0.39 is 26.9 Å². The number of carboxylic acids is 1. The number of hydrogen-bond donors (Lipinski definition) is 2. The molecule has 26 heavy (non-hydrogen) atoms. The fraction of sp³-hybridized carbons (Fsp3) is 0.882. The van der Waals surface area contributed by atoms with Crippen molar-refractivity contribution in [1.29, 1.82) is 0 Å². The molecule has 0 fully saturated rings. The van der Waals surface area contributed by atoms with Crippen LogP contribution in [0.3, 0.4) is 0 Å². The second-order valence-electron chi connectivity index (χ2n) is 8.86. The Hall–Kier alpha value is -1.19. The molecular weight excluding hydrogens is 360 g/mol. The molecular formula is C17H34N2O6S. The minimum absolute atomic E-state index is 0.186. The van der Waals surface area contributed by atoms with Crippen molar-refractivity contribution in [1.82, 2.24) is 5.32 Å². The van der Waals surface area contributed by atoms with Gasteiger partial charge in [0.05, 0.1) is 42.7 Å². The maximum atomic E-state index is 12.4. The Morgan fingerprint density at radius 2 is 1.54 bits per heavy atom. The van der Waals surface area contributed by atoms with Gasteiger partial charge in [-0.25, -0.2) is 8.42 Å². The summed E-state index contributed by atoms with van der Waals surface area (Å²) in [6, 6.07) is 0. The second kappa shape index (κ2) is 9.14. The van der Waals surface area contributed by atoms with Crippen molar-refractivity contribution in [3.05, 3.63) is 0 Å². The van der Waals surface area contributed by atoms with Crippen molar-refractivity contribution in [2.75, 3.05) is 39.5 Å². The maximum absolute atomic E-state index is 12.4. The average Bonchev–Trinajstić information content (AvgIpc) is 2.40. The van der Waals surface area contributed by atoms with Gasteiger partial charge in [-0.05, 0) is 20.3 Å². The largest absolute Gasteiger partial charge is 0.748 e. The van der Waals surface area contributed by atoms with E-state index in [0.29, 0.717) is 30.4 Å². The molecule has 0 saturated heterocycles. The van der Waals surface area contributed by atoms with Crippen LogP contribution in [0.15, 0.2) is 0 Å². The third kappa shape index (κ3) is 10.1. The number of aliphatic carboxylic acids is 1. The maximum Gasteiger partial charge on any atom is 0.309 e. The third-order valence-electron chi connectivity index (χ3n) is 4.46. The highest BCUT2D eigenvalue weighted by Gasteiger charge is 2.38. The Morgan fingerprint density at radius 3 is 2.00 bits per heavy atom. The van der Waals surface area contributed by atoms with Gasteiger partial charge in [0, 0.05) is 30.6 Å². The SMILES string of the molecule is CC(C)(CC(C)(C)C(=O)NCCC[N+](C)(C)CCCS(=O)(=O)[O-])C(=O)O. The van der Waals surface area contributed by atoms with E-state index in [1.807, 2.05) is 14.1 Å². The first-order valence-electron chi connectivity index (χ1n) is 8.76. The molecule has 0 radical (unpaired) electrons. The van der Waals surface area contributed by atoms with E-state index in [1.54, 1.807) is 27.7 Å². The summed E-state index contributed by atoms with van der Waals surface area (Å²) in [6.45, 7) is 8.41. The first-order chi connectivity index (χ1) is 11.5. The Balaban J connectivity index is 4.34. The van der Waals surface area contributed by atoms with Crippen LogP contribution in [0.5, 0.6) is 0 Å². The molecule has 9 heteroatoms. The number of carbonyl (C=O) groups is 2. The lowest BCUT2D eigenvalue weighted by molar-refractivity contribution is -0.890. The number of hydrogen-bond acceptors (Lipinski definition) is 5. The summed E-state index contributed by atoms with van der Waals surface area (Å²) in [5.41, 5.74) is -1.78. The normalized spacial score (nSPS) is 13.5. The third-order valence-corrected chi connectivity index (χ3v) is 5.25. The second-order valence-corrected chi connectivity index (χ2v) is 10.4. The van der Waals surface area contributed by atoms with Gasteiger partial charge in [-0.2, -0.15) is 0 Å². The van der Waals surface area contributed by atoms with E-state index in [9.17, 15) is 27.7 Å². The smallest absolute Gasteiger partial charge is 0.309 e. The van der Waals surface area contributed by atoms with Crippen LogP contribution in [0.25, 0.3) is 0 Å². The summed E-state index contributed by atoms with van der Waals surface area (Å²) in [7, 11) is -0.293. The number of nitrogens with zero attached hydrogens (tertiary/aromatic N) is 1. The number of nitrogens with one attached hydrogen (secondary N) is 1. The van der Waals surface area contributed by atoms with Crippen molar-refractivity contribution in [2.45, 2.75) is 47.0 Å². The zero-order valence-corrected chi connectivity index (χ0v) is 17.6. The number of quaternary nitrogens is 1. The van der Waals surface area contributed by atoms with E-state index in [2.05, 4.69) is 5.32 Å². The van der Waals surface area contributed by atoms with E-state index in [0.717, 1.165) is 6.54 Å². The van der Waals surface area contributed by atoms with Crippen molar-refractivity contribution in [2.24, 2.45) is 10.8 Å². The highest BCUT2D eigenvalue weighted by atomic mass is 32.2. The van der Waals surface area contributed by atoms with E-state index in [-0.39, 0.29) is 18.1 Å². The van der Waals surface area contributed by atoms with Gasteiger partial charge in [0.1, 0.15) is 0 Å². The predicted molar refractivity (Wildman–Crippen MR) is 98.5 cm³/mol. The molecule has 0 aromatic rings.